The fraction of sp³-hybridized carbons (Fsp3) is 0.308. The first kappa shape index (κ1) is 14.7. The standard InChI is InChI=1S/C11H8Cl2N2O.C2H6/c1-6-5-15-11-9(6)8(16-3-2-14)4-7(12)10(11)13;1-2/h4-5,15H,3H2,1H3;1-2H3. The summed E-state index contributed by atoms with van der Waals surface area (Å²) in [6, 6.07) is 3.55. The molecule has 0 spiro atoms. The summed E-state index contributed by atoms with van der Waals surface area (Å²) < 4.78 is 5.32. The molecule has 0 atom stereocenters. The minimum atomic E-state index is -0.0162. The number of aromatic amines is 1. The van der Waals surface area contributed by atoms with Gasteiger partial charge in [-0.3, -0.25) is 0 Å². The van der Waals surface area contributed by atoms with Gasteiger partial charge in [0.25, 0.3) is 0 Å². The van der Waals surface area contributed by atoms with Gasteiger partial charge >= 0.3 is 0 Å². The average Bonchev–Trinajstić information content (AvgIpc) is 2.77. The minimum absolute atomic E-state index is 0.0162. The third-order valence-electron chi connectivity index (χ3n) is 2.30. The number of nitriles is 1. The van der Waals surface area contributed by atoms with E-state index in [1.54, 1.807) is 6.07 Å². The summed E-state index contributed by atoms with van der Waals surface area (Å²) in [7, 11) is 0. The highest BCUT2D eigenvalue weighted by molar-refractivity contribution is 6.45. The van der Waals surface area contributed by atoms with Crippen LogP contribution in [0.4, 0.5) is 0 Å². The maximum Gasteiger partial charge on any atom is 0.174 e. The smallest absolute Gasteiger partial charge is 0.174 e. The lowest BCUT2D eigenvalue weighted by Crippen LogP contribution is -1.94. The van der Waals surface area contributed by atoms with Crippen LogP contribution in [-0.4, -0.2) is 11.6 Å². The van der Waals surface area contributed by atoms with Crippen molar-refractivity contribution >= 4 is 34.1 Å². The van der Waals surface area contributed by atoms with Crippen LogP contribution in [0.5, 0.6) is 5.75 Å². The van der Waals surface area contributed by atoms with Gasteiger partial charge in [0, 0.05) is 17.6 Å². The van der Waals surface area contributed by atoms with Gasteiger partial charge in [-0.1, -0.05) is 37.0 Å². The Kier molecular flexibility index (Phi) is 5.33. The molecule has 2 aromatic rings. The van der Waals surface area contributed by atoms with Gasteiger partial charge in [0.2, 0.25) is 0 Å². The van der Waals surface area contributed by atoms with Gasteiger partial charge in [-0.25, -0.2) is 0 Å². The van der Waals surface area contributed by atoms with Crippen molar-refractivity contribution in [2.24, 2.45) is 0 Å². The first-order valence-electron chi connectivity index (χ1n) is 5.60. The van der Waals surface area contributed by atoms with Gasteiger partial charge < -0.3 is 9.72 Å². The van der Waals surface area contributed by atoms with Crippen molar-refractivity contribution in [2.75, 3.05) is 6.61 Å². The highest BCUT2D eigenvalue weighted by atomic mass is 35.5. The zero-order valence-electron chi connectivity index (χ0n) is 10.5. The lowest BCUT2D eigenvalue weighted by atomic mass is 10.2. The first-order valence-corrected chi connectivity index (χ1v) is 6.36. The van der Waals surface area contributed by atoms with Crippen LogP contribution in [0.3, 0.4) is 0 Å². The van der Waals surface area contributed by atoms with Crippen molar-refractivity contribution in [1.82, 2.24) is 4.98 Å². The number of ether oxygens (including phenoxy) is 1. The summed E-state index contributed by atoms with van der Waals surface area (Å²) in [4.78, 5) is 3.03. The van der Waals surface area contributed by atoms with Crippen LogP contribution >= 0.6 is 23.2 Å². The number of hydrogen-bond donors (Lipinski definition) is 1. The van der Waals surface area contributed by atoms with Gasteiger partial charge in [0.15, 0.2) is 6.61 Å². The van der Waals surface area contributed by atoms with Gasteiger partial charge in [-0.2, -0.15) is 5.26 Å². The predicted octanol–water partition coefficient (Wildman–Crippen LogP) is 4.71. The van der Waals surface area contributed by atoms with Crippen molar-refractivity contribution in [1.29, 1.82) is 5.26 Å². The fourth-order valence-electron chi connectivity index (χ4n) is 1.61. The highest BCUT2D eigenvalue weighted by Crippen LogP contribution is 2.38. The molecule has 1 aromatic carbocycles. The van der Waals surface area contributed by atoms with E-state index in [-0.39, 0.29) is 6.61 Å². The third kappa shape index (κ3) is 2.72. The maximum absolute atomic E-state index is 8.50. The molecule has 0 unspecified atom stereocenters. The summed E-state index contributed by atoms with van der Waals surface area (Å²) in [5.41, 5.74) is 1.74. The molecule has 1 N–H and O–H groups in total. The summed E-state index contributed by atoms with van der Waals surface area (Å²) >= 11 is 12.0. The molecule has 3 nitrogen and oxygen atoms in total. The minimum Gasteiger partial charge on any atom is -0.478 e. The zero-order valence-corrected chi connectivity index (χ0v) is 12.0. The number of nitrogens with one attached hydrogen (secondary N) is 1. The van der Waals surface area contributed by atoms with Crippen molar-refractivity contribution in [3.8, 4) is 11.8 Å². The number of hydrogen-bond acceptors (Lipinski definition) is 2. The molecule has 1 heterocycles. The normalized spacial score (nSPS) is 9.56. The van der Waals surface area contributed by atoms with Crippen LogP contribution < -0.4 is 4.74 Å². The Hall–Kier alpha value is -1.37. The molecule has 0 fully saturated rings. The molecule has 0 saturated heterocycles. The van der Waals surface area contributed by atoms with Crippen LogP contribution in [0.15, 0.2) is 12.3 Å². The number of aromatic nitrogens is 1. The largest absolute Gasteiger partial charge is 0.478 e. The fourth-order valence-corrected chi connectivity index (χ4v) is 2.00. The maximum atomic E-state index is 8.50. The second-order valence-corrected chi connectivity index (χ2v) is 4.12. The van der Waals surface area contributed by atoms with E-state index in [0.29, 0.717) is 15.8 Å². The molecule has 0 aliphatic rings. The van der Waals surface area contributed by atoms with Crippen LogP contribution in [0.2, 0.25) is 10.0 Å². The molecular weight excluding hydrogens is 271 g/mol. The summed E-state index contributed by atoms with van der Waals surface area (Å²) in [5, 5.41) is 10.2. The molecule has 96 valence electrons. The lowest BCUT2D eigenvalue weighted by Gasteiger charge is -2.07. The van der Waals surface area contributed by atoms with E-state index in [0.717, 1.165) is 16.5 Å². The van der Waals surface area contributed by atoms with Crippen LogP contribution in [0, 0.1) is 18.3 Å². The number of nitrogens with zero attached hydrogens (tertiary/aromatic N) is 1. The van der Waals surface area contributed by atoms with E-state index >= 15 is 0 Å². The number of halogens is 2. The van der Waals surface area contributed by atoms with E-state index in [2.05, 4.69) is 4.98 Å². The Balaban J connectivity index is 0.000000771. The average molecular weight is 285 g/mol. The molecule has 0 aliphatic heterocycles. The predicted molar refractivity (Wildman–Crippen MR) is 75.5 cm³/mol. The third-order valence-corrected chi connectivity index (χ3v) is 3.09. The van der Waals surface area contributed by atoms with Gasteiger partial charge in [0.1, 0.15) is 11.8 Å². The van der Waals surface area contributed by atoms with Gasteiger partial charge in [-0.05, 0) is 12.5 Å². The Labute approximate surface area is 116 Å². The van der Waals surface area contributed by atoms with Crippen LogP contribution in [0.25, 0.3) is 10.9 Å². The Morgan fingerprint density at radius 1 is 1.39 bits per heavy atom. The van der Waals surface area contributed by atoms with Crippen molar-refractivity contribution in [2.45, 2.75) is 20.8 Å². The van der Waals surface area contributed by atoms with Crippen LogP contribution in [-0.2, 0) is 0 Å². The van der Waals surface area contributed by atoms with E-state index < -0.39 is 0 Å². The Bertz CT molecular complexity index is 585. The lowest BCUT2D eigenvalue weighted by molar-refractivity contribution is 0.372. The van der Waals surface area contributed by atoms with Crippen molar-refractivity contribution in [3.05, 3.63) is 27.9 Å². The second kappa shape index (κ2) is 6.53. The van der Waals surface area contributed by atoms with Gasteiger partial charge in [0.05, 0.1) is 15.6 Å². The van der Waals surface area contributed by atoms with Gasteiger partial charge in [-0.15, -0.1) is 0 Å². The number of benzene rings is 1. The molecule has 5 heteroatoms. The second-order valence-electron chi connectivity index (χ2n) is 3.34. The molecule has 18 heavy (non-hydrogen) atoms. The molecule has 0 bridgehead atoms. The number of aryl methyl sites for hydroxylation is 1. The molecule has 0 saturated carbocycles. The number of fused-ring (bicyclic) bond motifs is 1. The summed E-state index contributed by atoms with van der Waals surface area (Å²) in [5.74, 6) is 0.574. The zero-order chi connectivity index (χ0) is 13.7. The highest BCUT2D eigenvalue weighted by Gasteiger charge is 2.13. The molecule has 0 radical (unpaired) electrons. The quantitative estimate of drug-likeness (QED) is 0.868. The van der Waals surface area contributed by atoms with E-state index in [4.69, 9.17) is 33.2 Å². The van der Waals surface area contributed by atoms with Crippen molar-refractivity contribution in [3.63, 3.8) is 0 Å². The van der Waals surface area contributed by atoms with E-state index in [1.165, 1.54) is 0 Å². The molecule has 1 aromatic heterocycles. The first-order chi connectivity index (χ1) is 8.65. The number of rotatable bonds is 2. The monoisotopic (exact) mass is 284 g/mol. The Morgan fingerprint density at radius 3 is 2.67 bits per heavy atom. The molecular formula is C13H14Cl2N2O. The molecule has 0 amide bonds. The summed E-state index contributed by atoms with van der Waals surface area (Å²) in [6.45, 7) is 5.92. The summed E-state index contributed by atoms with van der Waals surface area (Å²) in [6.07, 6.45) is 1.83. The van der Waals surface area contributed by atoms with Crippen LogP contribution in [0.1, 0.15) is 19.4 Å². The molecule has 2 rings (SSSR count). The van der Waals surface area contributed by atoms with Crippen molar-refractivity contribution < 1.29 is 4.74 Å². The SMILES string of the molecule is CC.Cc1c[nH]c2c(Cl)c(Cl)cc(OCC#N)c12. The van der Waals surface area contributed by atoms with E-state index in [9.17, 15) is 0 Å². The number of H-pyrrole nitrogens is 1. The topological polar surface area (TPSA) is 48.8 Å². The van der Waals surface area contributed by atoms with E-state index in [1.807, 2.05) is 33.0 Å². The molecule has 0 aliphatic carbocycles. The Morgan fingerprint density at radius 2 is 2.06 bits per heavy atom.